The molecule has 0 atom stereocenters. The Morgan fingerprint density at radius 3 is 2.54 bits per heavy atom. The van der Waals surface area contributed by atoms with Crippen molar-refractivity contribution in [3.8, 4) is 0 Å². The van der Waals surface area contributed by atoms with Crippen LogP contribution in [0.1, 0.15) is 73.0 Å². The van der Waals surface area contributed by atoms with Gasteiger partial charge >= 0.3 is 0 Å². The first-order valence-electron chi connectivity index (χ1n) is 9.68. The standard InChI is InChI=1S/C21H29N5OS/c1-12(2)17-10-16(20(27)22-9-8-15-11-28-14(4)23-15)18-13(3)25-26(19(18)24-17)21(5,6)7/h10-12H,8-9H2,1-7H3,(H,22,27). The van der Waals surface area contributed by atoms with Gasteiger partial charge in [0.05, 0.1) is 32.9 Å². The van der Waals surface area contributed by atoms with Crippen LogP contribution in [-0.2, 0) is 12.0 Å². The highest BCUT2D eigenvalue weighted by Gasteiger charge is 2.25. The predicted octanol–water partition coefficient (Wildman–Crippen LogP) is 4.36. The fraction of sp³-hybridized carbons (Fsp3) is 0.524. The molecule has 6 nitrogen and oxygen atoms in total. The molecule has 1 N–H and O–H groups in total. The van der Waals surface area contributed by atoms with E-state index in [0.717, 1.165) is 39.5 Å². The minimum Gasteiger partial charge on any atom is -0.352 e. The Morgan fingerprint density at radius 1 is 1.25 bits per heavy atom. The summed E-state index contributed by atoms with van der Waals surface area (Å²) in [6.45, 7) is 14.9. The van der Waals surface area contributed by atoms with Gasteiger partial charge in [-0.25, -0.2) is 14.6 Å². The summed E-state index contributed by atoms with van der Waals surface area (Å²) in [5.41, 5.74) is 3.95. The molecule has 0 aliphatic heterocycles. The first kappa shape index (κ1) is 20.5. The average molecular weight is 400 g/mol. The Hall–Kier alpha value is -2.28. The fourth-order valence-electron chi connectivity index (χ4n) is 3.17. The van der Waals surface area contributed by atoms with Gasteiger partial charge in [0.2, 0.25) is 0 Å². The van der Waals surface area contributed by atoms with Gasteiger partial charge in [-0.15, -0.1) is 11.3 Å². The third kappa shape index (κ3) is 4.09. The summed E-state index contributed by atoms with van der Waals surface area (Å²) >= 11 is 1.63. The topological polar surface area (TPSA) is 72.7 Å². The van der Waals surface area contributed by atoms with Gasteiger partial charge in [-0.1, -0.05) is 13.8 Å². The normalized spacial score (nSPS) is 12.1. The number of hydrogen-bond donors (Lipinski definition) is 1. The Bertz CT molecular complexity index is 1010. The lowest BCUT2D eigenvalue weighted by molar-refractivity contribution is 0.0955. The number of thiazole rings is 1. The molecule has 0 aliphatic carbocycles. The van der Waals surface area contributed by atoms with Gasteiger partial charge in [-0.3, -0.25) is 4.79 Å². The molecule has 0 aromatic carbocycles. The van der Waals surface area contributed by atoms with E-state index in [-0.39, 0.29) is 17.4 Å². The molecule has 150 valence electrons. The van der Waals surface area contributed by atoms with E-state index in [4.69, 9.17) is 10.1 Å². The molecule has 28 heavy (non-hydrogen) atoms. The van der Waals surface area contributed by atoms with Crippen LogP contribution < -0.4 is 5.32 Å². The van der Waals surface area contributed by atoms with Crippen LogP contribution in [0.25, 0.3) is 11.0 Å². The average Bonchev–Trinajstić information content (AvgIpc) is 3.17. The first-order chi connectivity index (χ1) is 13.1. The summed E-state index contributed by atoms with van der Waals surface area (Å²) in [7, 11) is 0. The Labute approximate surface area is 170 Å². The molecule has 3 aromatic rings. The van der Waals surface area contributed by atoms with Crippen LogP contribution in [0.15, 0.2) is 11.4 Å². The number of nitrogens with zero attached hydrogens (tertiary/aromatic N) is 4. The molecule has 0 bridgehead atoms. The largest absolute Gasteiger partial charge is 0.352 e. The second-order valence-corrected chi connectivity index (χ2v) is 9.54. The molecule has 3 aromatic heterocycles. The van der Waals surface area contributed by atoms with Crippen molar-refractivity contribution >= 4 is 28.3 Å². The SMILES string of the molecule is Cc1nc(CCNC(=O)c2cc(C(C)C)nc3c2c(C)nn3C(C)(C)C)cs1. The van der Waals surface area contributed by atoms with Gasteiger partial charge in [0.25, 0.3) is 5.91 Å². The van der Waals surface area contributed by atoms with E-state index < -0.39 is 0 Å². The number of hydrogen-bond acceptors (Lipinski definition) is 5. The van der Waals surface area contributed by atoms with Crippen LogP contribution in [0.5, 0.6) is 0 Å². The van der Waals surface area contributed by atoms with Crippen LogP contribution in [0.4, 0.5) is 0 Å². The van der Waals surface area contributed by atoms with E-state index in [0.29, 0.717) is 12.1 Å². The monoisotopic (exact) mass is 399 g/mol. The molecule has 0 fully saturated rings. The maximum atomic E-state index is 13.0. The molecule has 3 rings (SSSR count). The van der Waals surface area contributed by atoms with Gasteiger partial charge in [-0.2, -0.15) is 5.10 Å². The summed E-state index contributed by atoms with van der Waals surface area (Å²) in [6.07, 6.45) is 0.724. The lowest BCUT2D eigenvalue weighted by Crippen LogP contribution is -2.27. The molecule has 0 unspecified atom stereocenters. The third-order valence-electron chi connectivity index (χ3n) is 4.64. The Kier molecular flexibility index (Phi) is 5.57. The number of aromatic nitrogens is 4. The lowest BCUT2D eigenvalue weighted by Gasteiger charge is -2.20. The van der Waals surface area contributed by atoms with Gasteiger partial charge in [0.15, 0.2) is 5.65 Å². The number of carbonyl (C=O) groups is 1. The zero-order valence-electron chi connectivity index (χ0n) is 17.8. The summed E-state index contributed by atoms with van der Waals surface area (Å²) in [5, 5.41) is 11.7. The van der Waals surface area contributed by atoms with Crippen LogP contribution in [0.3, 0.4) is 0 Å². The van der Waals surface area contributed by atoms with E-state index in [1.165, 1.54) is 0 Å². The highest BCUT2D eigenvalue weighted by molar-refractivity contribution is 7.09. The van der Waals surface area contributed by atoms with Crippen molar-refractivity contribution in [1.29, 1.82) is 0 Å². The minimum atomic E-state index is -0.217. The summed E-state index contributed by atoms with van der Waals surface area (Å²) in [4.78, 5) is 22.3. The summed E-state index contributed by atoms with van der Waals surface area (Å²) in [5.74, 6) is 0.135. The van der Waals surface area contributed by atoms with Crippen molar-refractivity contribution in [1.82, 2.24) is 25.1 Å². The van der Waals surface area contributed by atoms with Crippen LogP contribution >= 0.6 is 11.3 Å². The number of pyridine rings is 1. The highest BCUT2D eigenvalue weighted by Crippen LogP contribution is 2.28. The zero-order chi connectivity index (χ0) is 20.6. The number of carbonyl (C=O) groups excluding carboxylic acids is 1. The maximum absolute atomic E-state index is 13.0. The molecule has 1 amide bonds. The fourth-order valence-corrected chi connectivity index (χ4v) is 3.82. The second kappa shape index (κ2) is 7.62. The summed E-state index contributed by atoms with van der Waals surface area (Å²) in [6, 6.07) is 1.91. The van der Waals surface area contributed by atoms with E-state index in [1.54, 1.807) is 11.3 Å². The molecule has 0 radical (unpaired) electrons. The molecular formula is C21H29N5OS. The number of rotatable bonds is 5. The van der Waals surface area contributed by atoms with Gasteiger partial charge in [-0.05, 0) is 46.6 Å². The predicted molar refractivity (Wildman–Crippen MR) is 114 cm³/mol. The lowest BCUT2D eigenvalue weighted by atomic mass is 10.0. The third-order valence-corrected chi connectivity index (χ3v) is 5.46. The van der Waals surface area contributed by atoms with Crippen molar-refractivity contribution in [2.45, 2.75) is 66.3 Å². The molecule has 0 aliphatic rings. The Morgan fingerprint density at radius 2 is 1.96 bits per heavy atom. The second-order valence-electron chi connectivity index (χ2n) is 8.48. The maximum Gasteiger partial charge on any atom is 0.252 e. The number of fused-ring (bicyclic) bond motifs is 1. The highest BCUT2D eigenvalue weighted by atomic mass is 32.1. The Balaban J connectivity index is 1.96. The van der Waals surface area contributed by atoms with Crippen LogP contribution in [0.2, 0.25) is 0 Å². The molecule has 0 spiro atoms. The smallest absolute Gasteiger partial charge is 0.252 e. The van der Waals surface area contributed by atoms with E-state index in [1.807, 2.05) is 30.0 Å². The van der Waals surface area contributed by atoms with E-state index in [2.05, 4.69) is 44.9 Å². The summed E-state index contributed by atoms with van der Waals surface area (Å²) < 4.78 is 1.93. The molecule has 0 saturated carbocycles. The molecule has 3 heterocycles. The van der Waals surface area contributed by atoms with Crippen molar-refractivity contribution < 1.29 is 4.79 Å². The van der Waals surface area contributed by atoms with Crippen LogP contribution in [-0.4, -0.2) is 32.2 Å². The molecule has 0 saturated heterocycles. The van der Waals surface area contributed by atoms with Crippen molar-refractivity contribution in [2.75, 3.05) is 6.54 Å². The van der Waals surface area contributed by atoms with Crippen molar-refractivity contribution in [3.05, 3.63) is 39.1 Å². The van der Waals surface area contributed by atoms with Crippen LogP contribution in [0, 0.1) is 13.8 Å². The minimum absolute atomic E-state index is 0.0854. The van der Waals surface area contributed by atoms with E-state index >= 15 is 0 Å². The van der Waals surface area contributed by atoms with Gasteiger partial charge in [0, 0.05) is 24.0 Å². The number of amides is 1. The zero-order valence-corrected chi connectivity index (χ0v) is 18.6. The molecule has 7 heteroatoms. The first-order valence-corrected chi connectivity index (χ1v) is 10.6. The quantitative estimate of drug-likeness (QED) is 0.692. The van der Waals surface area contributed by atoms with Crippen molar-refractivity contribution in [2.24, 2.45) is 0 Å². The van der Waals surface area contributed by atoms with Gasteiger partial charge < -0.3 is 5.32 Å². The number of aryl methyl sites for hydroxylation is 2. The van der Waals surface area contributed by atoms with E-state index in [9.17, 15) is 4.79 Å². The molecular weight excluding hydrogens is 370 g/mol. The number of nitrogens with one attached hydrogen (secondary N) is 1. The van der Waals surface area contributed by atoms with Crippen molar-refractivity contribution in [3.63, 3.8) is 0 Å². The van der Waals surface area contributed by atoms with Gasteiger partial charge in [0.1, 0.15) is 0 Å².